The first-order valence-electron chi connectivity index (χ1n) is 7.71. The molecule has 0 radical (unpaired) electrons. The minimum Gasteiger partial charge on any atom is -0.508 e. The van der Waals surface area contributed by atoms with Crippen molar-refractivity contribution in [1.29, 1.82) is 0 Å². The fourth-order valence-electron chi connectivity index (χ4n) is 2.02. The molecule has 0 aromatic heterocycles. The highest BCUT2D eigenvalue weighted by atomic mass is 31.2. The lowest BCUT2D eigenvalue weighted by molar-refractivity contribution is -0.113. The normalized spacial score (nSPS) is 11.3. The van der Waals surface area contributed by atoms with Gasteiger partial charge in [0.1, 0.15) is 5.75 Å². The van der Waals surface area contributed by atoms with E-state index in [1.165, 1.54) is 24.3 Å². The largest absolute Gasteiger partial charge is 0.508 e. The van der Waals surface area contributed by atoms with E-state index in [0.29, 0.717) is 31.9 Å². The summed E-state index contributed by atoms with van der Waals surface area (Å²) in [4.78, 5) is 5.28. The zero-order chi connectivity index (χ0) is 18.7. The highest BCUT2D eigenvalue weighted by Gasteiger charge is 2.39. The van der Waals surface area contributed by atoms with Crippen LogP contribution in [-0.4, -0.2) is 40.6 Å². The van der Waals surface area contributed by atoms with Crippen molar-refractivity contribution in [2.45, 2.75) is 0 Å². The Morgan fingerprint density at radius 3 is 1.64 bits per heavy atom. The van der Waals surface area contributed by atoms with Gasteiger partial charge >= 0.3 is 7.67 Å². The number of nitrogens with zero attached hydrogens (tertiary/aromatic N) is 2. The number of phenolic OH excluding ortho intramolecular Hbond substituents is 1. The van der Waals surface area contributed by atoms with Gasteiger partial charge in [0.25, 0.3) is 0 Å². The first kappa shape index (κ1) is 20.9. The maximum atomic E-state index is 13.7. The van der Waals surface area contributed by atoms with E-state index in [9.17, 15) is 9.67 Å². The summed E-state index contributed by atoms with van der Waals surface area (Å²) in [6, 6.07) is 5.91. The summed E-state index contributed by atoms with van der Waals surface area (Å²) < 4.78 is 22.3. The van der Waals surface area contributed by atoms with Crippen LogP contribution < -0.4 is 4.89 Å². The second-order valence-electron chi connectivity index (χ2n) is 5.04. The SMILES string of the molecule is C=CCN(CC=C)P(=O)(OOc1ccc(O)cc1)N(CC=C)CC=C. The van der Waals surface area contributed by atoms with E-state index in [1.54, 1.807) is 33.6 Å². The predicted octanol–water partition coefficient (Wildman–Crippen LogP) is 4.16. The number of aromatic hydroxyl groups is 1. The summed E-state index contributed by atoms with van der Waals surface area (Å²) in [5.41, 5.74) is 0. The van der Waals surface area contributed by atoms with Crippen LogP contribution in [0.5, 0.6) is 11.5 Å². The van der Waals surface area contributed by atoms with E-state index in [0.717, 1.165) is 0 Å². The average Bonchev–Trinajstić information content (AvgIpc) is 2.60. The summed E-state index contributed by atoms with van der Waals surface area (Å²) in [5, 5.41) is 9.33. The van der Waals surface area contributed by atoms with Crippen molar-refractivity contribution in [2.75, 3.05) is 26.2 Å². The fraction of sp³-hybridized carbons (Fsp3) is 0.222. The van der Waals surface area contributed by atoms with Gasteiger partial charge in [-0.15, -0.1) is 26.3 Å². The topological polar surface area (TPSA) is 62.2 Å². The molecule has 0 fully saturated rings. The van der Waals surface area contributed by atoms with Crippen molar-refractivity contribution in [3.63, 3.8) is 0 Å². The van der Waals surface area contributed by atoms with Gasteiger partial charge in [0.2, 0.25) is 0 Å². The maximum Gasteiger partial charge on any atom is 0.385 e. The van der Waals surface area contributed by atoms with Crippen molar-refractivity contribution in [3.8, 4) is 11.5 Å². The molecule has 136 valence electrons. The number of hydrogen-bond donors (Lipinski definition) is 1. The molecule has 0 unspecified atom stereocenters. The van der Waals surface area contributed by atoms with Crippen LogP contribution in [0.15, 0.2) is 74.9 Å². The molecule has 0 heterocycles. The van der Waals surface area contributed by atoms with Gasteiger partial charge in [-0.1, -0.05) is 29.0 Å². The van der Waals surface area contributed by atoms with E-state index in [1.807, 2.05) is 0 Å². The van der Waals surface area contributed by atoms with E-state index in [2.05, 4.69) is 26.3 Å². The molecule has 25 heavy (non-hydrogen) atoms. The van der Waals surface area contributed by atoms with Crippen molar-refractivity contribution < 1.29 is 19.2 Å². The van der Waals surface area contributed by atoms with Gasteiger partial charge in [-0.25, -0.2) is 9.34 Å². The fourth-order valence-corrected chi connectivity index (χ4v) is 4.04. The lowest BCUT2D eigenvalue weighted by Crippen LogP contribution is -2.34. The maximum absolute atomic E-state index is 13.7. The Morgan fingerprint density at radius 1 is 0.880 bits per heavy atom. The van der Waals surface area contributed by atoms with Crippen molar-refractivity contribution >= 4 is 7.67 Å². The van der Waals surface area contributed by atoms with E-state index in [-0.39, 0.29) is 5.75 Å². The van der Waals surface area contributed by atoms with Gasteiger partial charge in [-0.05, 0) is 24.3 Å². The molecule has 0 atom stereocenters. The van der Waals surface area contributed by atoms with E-state index >= 15 is 0 Å². The Morgan fingerprint density at radius 2 is 1.28 bits per heavy atom. The summed E-state index contributed by atoms with van der Waals surface area (Å²) in [6.07, 6.45) is 6.50. The van der Waals surface area contributed by atoms with E-state index < -0.39 is 7.67 Å². The molecule has 1 rings (SSSR count). The number of rotatable bonds is 13. The number of benzene rings is 1. The van der Waals surface area contributed by atoms with Crippen LogP contribution in [0.25, 0.3) is 0 Å². The van der Waals surface area contributed by atoms with Crippen LogP contribution in [0.3, 0.4) is 0 Å². The molecular weight excluding hydrogens is 339 g/mol. The lowest BCUT2D eigenvalue weighted by atomic mass is 10.3. The minimum atomic E-state index is -3.59. The Balaban J connectivity index is 3.13. The second kappa shape index (κ2) is 10.7. The molecule has 1 aromatic carbocycles. The van der Waals surface area contributed by atoms with Crippen LogP contribution in [0.1, 0.15) is 0 Å². The quantitative estimate of drug-likeness (QED) is 0.245. The number of phenols is 1. The van der Waals surface area contributed by atoms with Gasteiger partial charge in [0.05, 0.1) is 0 Å². The molecule has 1 aromatic rings. The van der Waals surface area contributed by atoms with Crippen molar-refractivity contribution in [3.05, 3.63) is 74.9 Å². The van der Waals surface area contributed by atoms with Crippen LogP contribution >= 0.6 is 7.67 Å². The van der Waals surface area contributed by atoms with Gasteiger partial charge in [-0.3, -0.25) is 4.57 Å². The molecule has 7 heteroatoms. The zero-order valence-electron chi connectivity index (χ0n) is 14.3. The Kier molecular flexibility index (Phi) is 8.95. The molecule has 0 aliphatic rings. The zero-order valence-corrected chi connectivity index (χ0v) is 15.2. The molecule has 0 aliphatic heterocycles. The summed E-state index contributed by atoms with van der Waals surface area (Å²) in [6.45, 7) is 16.0. The van der Waals surface area contributed by atoms with Crippen LogP contribution in [-0.2, 0) is 9.24 Å². The van der Waals surface area contributed by atoms with Gasteiger partial charge in [0, 0.05) is 26.2 Å². The van der Waals surface area contributed by atoms with E-state index in [4.69, 9.17) is 9.56 Å². The van der Waals surface area contributed by atoms with Crippen molar-refractivity contribution in [1.82, 2.24) is 9.34 Å². The predicted molar refractivity (Wildman–Crippen MR) is 101 cm³/mol. The van der Waals surface area contributed by atoms with Crippen LogP contribution in [0, 0.1) is 0 Å². The highest BCUT2D eigenvalue weighted by Crippen LogP contribution is 2.54. The molecule has 6 nitrogen and oxygen atoms in total. The molecule has 0 saturated carbocycles. The first-order chi connectivity index (χ1) is 12.0. The lowest BCUT2D eigenvalue weighted by Gasteiger charge is -2.35. The first-order valence-corrected chi connectivity index (χ1v) is 9.24. The monoisotopic (exact) mass is 364 g/mol. The Labute approximate surface area is 149 Å². The third kappa shape index (κ3) is 6.03. The molecule has 0 amide bonds. The molecule has 0 spiro atoms. The molecule has 0 aliphatic carbocycles. The van der Waals surface area contributed by atoms with Crippen molar-refractivity contribution in [2.24, 2.45) is 0 Å². The smallest absolute Gasteiger partial charge is 0.385 e. The molecule has 0 bridgehead atoms. The molecule has 0 saturated heterocycles. The summed E-state index contributed by atoms with van der Waals surface area (Å²) in [7, 11) is -3.59. The van der Waals surface area contributed by atoms with Crippen LogP contribution in [0.2, 0.25) is 0 Å². The standard InChI is InChI=1S/C18H25N2O4P/c1-5-13-19(14-6-2)25(22,20(15-7-3)16-8-4)24-23-18-11-9-17(21)10-12-18/h5-12,21H,1-4,13-16H2. The van der Waals surface area contributed by atoms with Gasteiger partial charge in [0.15, 0.2) is 5.75 Å². The van der Waals surface area contributed by atoms with Gasteiger partial charge in [-0.2, -0.15) is 0 Å². The van der Waals surface area contributed by atoms with Gasteiger partial charge < -0.3 is 9.99 Å². The minimum absolute atomic E-state index is 0.0930. The highest BCUT2D eigenvalue weighted by molar-refractivity contribution is 7.53. The molecular formula is C18H25N2O4P. The Hall–Kier alpha value is -2.11. The number of hydrogen-bond acceptors (Lipinski definition) is 4. The third-order valence-corrected chi connectivity index (χ3v) is 5.49. The second-order valence-corrected chi connectivity index (χ2v) is 7.30. The average molecular weight is 364 g/mol. The third-order valence-electron chi connectivity index (χ3n) is 3.14. The summed E-state index contributed by atoms with van der Waals surface area (Å²) >= 11 is 0. The Bertz CT molecular complexity index is 582. The molecule has 1 N–H and O–H groups in total. The van der Waals surface area contributed by atoms with Crippen LogP contribution in [0.4, 0.5) is 0 Å². The summed E-state index contributed by atoms with van der Waals surface area (Å²) in [5.74, 6) is 0.405.